The molecule has 3 nitrogen and oxygen atoms in total. The molecule has 0 saturated carbocycles. The Labute approximate surface area is 93.2 Å². The average molecular weight is 258 g/mol. The van der Waals surface area contributed by atoms with Crippen molar-refractivity contribution in [3.63, 3.8) is 0 Å². The lowest BCUT2D eigenvalue weighted by Gasteiger charge is -2.10. The Morgan fingerprint density at radius 2 is 2.14 bits per heavy atom. The summed E-state index contributed by atoms with van der Waals surface area (Å²) in [6, 6.07) is 0. The fourth-order valence-electron chi connectivity index (χ4n) is 1.91. The molecule has 0 spiro atoms. The van der Waals surface area contributed by atoms with Gasteiger partial charge >= 0.3 is 0 Å². The fraction of sp³-hybridized carbons (Fsp3) is 0.700. The number of fused-ring (bicyclic) bond motifs is 1. The summed E-state index contributed by atoms with van der Waals surface area (Å²) in [5.74, 6) is 0.650. The van der Waals surface area contributed by atoms with E-state index in [1.807, 2.05) is 0 Å². The smallest absolute Gasteiger partial charge is 0.132 e. The zero-order valence-electron chi connectivity index (χ0n) is 8.92. The molecule has 0 saturated heterocycles. The normalized spacial score (nSPS) is 16.6. The van der Waals surface area contributed by atoms with Gasteiger partial charge in [0.2, 0.25) is 0 Å². The molecule has 14 heavy (non-hydrogen) atoms. The number of halogens is 1. The highest BCUT2D eigenvalue weighted by atomic mass is 79.9. The van der Waals surface area contributed by atoms with Gasteiger partial charge in [0.25, 0.3) is 0 Å². The third-order valence-corrected chi connectivity index (χ3v) is 3.14. The third-order valence-electron chi connectivity index (χ3n) is 2.50. The van der Waals surface area contributed by atoms with Crippen LogP contribution in [0.4, 0.5) is 0 Å². The van der Waals surface area contributed by atoms with Crippen molar-refractivity contribution in [2.45, 2.75) is 33.5 Å². The van der Waals surface area contributed by atoms with Gasteiger partial charge in [-0.15, -0.1) is 0 Å². The first kappa shape index (κ1) is 10.2. The first-order chi connectivity index (χ1) is 6.58. The van der Waals surface area contributed by atoms with E-state index in [1.165, 1.54) is 11.3 Å². The summed E-state index contributed by atoms with van der Waals surface area (Å²) in [6.07, 6.45) is 0. The Morgan fingerprint density at radius 1 is 1.43 bits per heavy atom. The molecule has 2 heterocycles. The maximum absolute atomic E-state index is 4.51. The molecule has 1 aromatic rings. The lowest BCUT2D eigenvalue weighted by molar-refractivity contribution is 0.336. The Balaban J connectivity index is 2.31. The van der Waals surface area contributed by atoms with E-state index in [0.717, 1.165) is 24.2 Å². The first-order valence-corrected chi connectivity index (χ1v) is 5.80. The summed E-state index contributed by atoms with van der Waals surface area (Å²) in [6.45, 7) is 7.51. The van der Waals surface area contributed by atoms with E-state index in [2.05, 4.69) is 51.5 Å². The van der Waals surface area contributed by atoms with Crippen LogP contribution in [-0.2, 0) is 19.6 Å². The molecule has 0 aliphatic carbocycles. The van der Waals surface area contributed by atoms with E-state index >= 15 is 0 Å². The van der Waals surface area contributed by atoms with Crippen LogP contribution in [0.1, 0.15) is 25.1 Å². The van der Waals surface area contributed by atoms with E-state index in [0.29, 0.717) is 5.92 Å². The summed E-state index contributed by atoms with van der Waals surface area (Å²) in [7, 11) is 2.14. The third kappa shape index (κ3) is 1.73. The Morgan fingerprint density at radius 3 is 2.79 bits per heavy atom. The van der Waals surface area contributed by atoms with Gasteiger partial charge in [-0.1, -0.05) is 13.8 Å². The Bertz CT molecular complexity index is 343. The summed E-state index contributed by atoms with van der Waals surface area (Å²) >= 11 is 3.53. The van der Waals surface area contributed by atoms with E-state index < -0.39 is 0 Å². The van der Waals surface area contributed by atoms with Crippen LogP contribution >= 0.6 is 15.9 Å². The van der Waals surface area contributed by atoms with Crippen molar-refractivity contribution in [3.05, 3.63) is 15.9 Å². The van der Waals surface area contributed by atoms with E-state index in [-0.39, 0.29) is 0 Å². The summed E-state index contributed by atoms with van der Waals surface area (Å²) in [5, 5.41) is 4.51. The second-order valence-corrected chi connectivity index (χ2v) is 5.22. The Kier molecular flexibility index (Phi) is 2.66. The highest BCUT2D eigenvalue weighted by Gasteiger charge is 2.24. The van der Waals surface area contributed by atoms with Crippen molar-refractivity contribution in [3.8, 4) is 0 Å². The molecule has 78 valence electrons. The number of aromatic nitrogens is 2. The van der Waals surface area contributed by atoms with Crippen LogP contribution in [0.3, 0.4) is 0 Å². The number of hydrogen-bond acceptors (Lipinski definition) is 2. The molecular formula is C10H16BrN3. The average Bonchev–Trinajstić information content (AvgIpc) is 2.54. The highest BCUT2D eigenvalue weighted by Crippen LogP contribution is 2.28. The van der Waals surface area contributed by atoms with Gasteiger partial charge in [-0.3, -0.25) is 9.58 Å². The maximum atomic E-state index is 4.51. The van der Waals surface area contributed by atoms with Crippen molar-refractivity contribution in [1.29, 1.82) is 0 Å². The number of hydrogen-bond donors (Lipinski definition) is 0. The molecule has 4 heteroatoms. The number of rotatable bonds is 2. The van der Waals surface area contributed by atoms with E-state index in [9.17, 15) is 0 Å². The largest absolute Gasteiger partial charge is 0.296 e. The monoisotopic (exact) mass is 257 g/mol. The van der Waals surface area contributed by atoms with E-state index in [4.69, 9.17) is 0 Å². The zero-order chi connectivity index (χ0) is 10.3. The van der Waals surface area contributed by atoms with Gasteiger partial charge in [-0.25, -0.2) is 0 Å². The Hall–Kier alpha value is -0.350. The summed E-state index contributed by atoms with van der Waals surface area (Å²) in [5.41, 5.74) is 2.75. The second-order valence-electron chi connectivity index (χ2n) is 4.46. The van der Waals surface area contributed by atoms with Gasteiger partial charge in [0.15, 0.2) is 0 Å². The van der Waals surface area contributed by atoms with Crippen LogP contribution in [0.25, 0.3) is 0 Å². The number of nitrogens with zero attached hydrogens (tertiary/aromatic N) is 3. The standard InChI is InChI=1S/C10H16BrN3/c1-7(2)4-14-9-6-13(3)5-8(9)10(11)12-14/h7H,4-6H2,1-3H3. The van der Waals surface area contributed by atoms with Crippen molar-refractivity contribution >= 4 is 15.9 Å². The zero-order valence-corrected chi connectivity index (χ0v) is 10.5. The first-order valence-electron chi connectivity index (χ1n) is 5.00. The van der Waals surface area contributed by atoms with Crippen LogP contribution in [0, 0.1) is 5.92 Å². The lowest BCUT2D eigenvalue weighted by Crippen LogP contribution is -2.14. The molecule has 2 rings (SSSR count). The van der Waals surface area contributed by atoms with Gasteiger partial charge < -0.3 is 0 Å². The SMILES string of the molecule is CC(C)Cn1nc(Br)c2c1CN(C)C2. The predicted octanol–water partition coefficient (Wildman–Crippen LogP) is 2.25. The van der Waals surface area contributed by atoms with Crippen LogP contribution in [-0.4, -0.2) is 21.7 Å². The van der Waals surface area contributed by atoms with Gasteiger partial charge in [0.05, 0.1) is 5.69 Å². The summed E-state index contributed by atoms with van der Waals surface area (Å²) < 4.78 is 3.17. The molecule has 0 unspecified atom stereocenters. The molecular weight excluding hydrogens is 242 g/mol. The van der Waals surface area contributed by atoms with Crippen molar-refractivity contribution in [1.82, 2.24) is 14.7 Å². The maximum Gasteiger partial charge on any atom is 0.132 e. The molecule has 1 aromatic heterocycles. The molecule has 0 fully saturated rings. The lowest BCUT2D eigenvalue weighted by atomic mass is 10.2. The predicted molar refractivity (Wildman–Crippen MR) is 59.9 cm³/mol. The van der Waals surface area contributed by atoms with E-state index in [1.54, 1.807) is 0 Å². The molecule has 0 radical (unpaired) electrons. The molecule has 1 aliphatic heterocycles. The van der Waals surface area contributed by atoms with Gasteiger partial charge in [0.1, 0.15) is 4.60 Å². The van der Waals surface area contributed by atoms with Crippen LogP contribution in [0.5, 0.6) is 0 Å². The van der Waals surface area contributed by atoms with Gasteiger partial charge in [-0.2, -0.15) is 5.10 Å². The van der Waals surface area contributed by atoms with Crippen molar-refractivity contribution < 1.29 is 0 Å². The van der Waals surface area contributed by atoms with Crippen LogP contribution in [0.2, 0.25) is 0 Å². The molecule has 0 aromatic carbocycles. The minimum atomic E-state index is 0.650. The molecule has 0 N–H and O–H groups in total. The molecule has 0 bridgehead atoms. The van der Waals surface area contributed by atoms with Gasteiger partial charge in [0, 0.05) is 25.2 Å². The fourth-order valence-corrected chi connectivity index (χ4v) is 2.46. The highest BCUT2D eigenvalue weighted by molar-refractivity contribution is 9.10. The molecule has 0 atom stereocenters. The minimum absolute atomic E-state index is 0.650. The summed E-state index contributed by atoms with van der Waals surface area (Å²) in [4.78, 5) is 2.31. The van der Waals surface area contributed by atoms with Crippen LogP contribution in [0.15, 0.2) is 4.60 Å². The topological polar surface area (TPSA) is 21.1 Å². The van der Waals surface area contributed by atoms with Crippen LogP contribution < -0.4 is 0 Å². The van der Waals surface area contributed by atoms with Crippen molar-refractivity contribution in [2.24, 2.45) is 5.92 Å². The molecule has 0 amide bonds. The second kappa shape index (κ2) is 3.66. The van der Waals surface area contributed by atoms with Crippen molar-refractivity contribution in [2.75, 3.05) is 7.05 Å². The van der Waals surface area contributed by atoms with Gasteiger partial charge in [-0.05, 0) is 28.9 Å². The molecule has 1 aliphatic rings. The minimum Gasteiger partial charge on any atom is -0.296 e. The quantitative estimate of drug-likeness (QED) is 0.811.